The second kappa shape index (κ2) is 8.03. The topological polar surface area (TPSA) is 55.8 Å². The molecule has 0 aliphatic heterocycles. The lowest BCUT2D eigenvalue weighted by Crippen LogP contribution is -2.28. The van der Waals surface area contributed by atoms with Crippen LogP contribution in [-0.2, 0) is 4.74 Å². The number of carboxylic acid groups (broad SMARTS) is 1. The summed E-state index contributed by atoms with van der Waals surface area (Å²) in [5.74, 6) is 0.313. The van der Waals surface area contributed by atoms with Gasteiger partial charge in [-0.15, -0.1) is 0 Å². The lowest BCUT2D eigenvalue weighted by atomic mass is 9.85. The lowest BCUT2D eigenvalue weighted by molar-refractivity contribution is -0.0228. The van der Waals surface area contributed by atoms with E-state index < -0.39 is 5.97 Å². The Morgan fingerprint density at radius 1 is 1.29 bits per heavy atom. The molecule has 1 aromatic carbocycles. The van der Waals surface area contributed by atoms with Crippen LogP contribution in [0.4, 0.5) is 0 Å². The van der Waals surface area contributed by atoms with Crippen LogP contribution in [0.15, 0.2) is 24.3 Å². The van der Waals surface area contributed by atoms with Gasteiger partial charge in [-0.05, 0) is 37.0 Å². The third-order valence-electron chi connectivity index (χ3n) is 4.13. The molecular weight excluding hydrogens is 268 g/mol. The first-order valence-electron chi connectivity index (χ1n) is 7.78. The summed E-state index contributed by atoms with van der Waals surface area (Å²) < 4.78 is 11.5. The van der Waals surface area contributed by atoms with Crippen molar-refractivity contribution in [3.05, 3.63) is 29.8 Å². The molecular formula is C17H24O4. The van der Waals surface area contributed by atoms with Crippen molar-refractivity contribution in [1.82, 2.24) is 0 Å². The molecule has 0 radical (unpaired) electrons. The van der Waals surface area contributed by atoms with E-state index in [1.54, 1.807) is 18.2 Å². The summed E-state index contributed by atoms with van der Waals surface area (Å²) in [6.07, 6.45) is 6.51. The molecule has 1 N–H and O–H groups in total. The molecule has 2 unspecified atom stereocenters. The summed E-state index contributed by atoms with van der Waals surface area (Å²) in [5.41, 5.74) is 0.242. The van der Waals surface area contributed by atoms with E-state index in [2.05, 4.69) is 6.92 Å². The quantitative estimate of drug-likeness (QED) is 0.778. The lowest BCUT2D eigenvalue weighted by Gasteiger charge is -2.30. The molecule has 1 fully saturated rings. The van der Waals surface area contributed by atoms with Crippen LogP contribution in [0.2, 0.25) is 0 Å². The molecule has 0 saturated heterocycles. The van der Waals surface area contributed by atoms with Crippen LogP contribution in [0.1, 0.15) is 49.4 Å². The summed E-state index contributed by atoms with van der Waals surface area (Å²) in [6.45, 7) is 3.23. The Labute approximate surface area is 126 Å². The number of benzene rings is 1. The third kappa shape index (κ3) is 4.74. The van der Waals surface area contributed by atoms with E-state index in [0.29, 0.717) is 31.0 Å². The largest absolute Gasteiger partial charge is 0.491 e. The Morgan fingerprint density at radius 3 is 2.86 bits per heavy atom. The molecule has 2 atom stereocenters. The number of carboxylic acids is 1. The average molecular weight is 292 g/mol. The summed E-state index contributed by atoms with van der Waals surface area (Å²) in [5, 5.41) is 8.93. The van der Waals surface area contributed by atoms with Crippen LogP contribution in [-0.4, -0.2) is 30.4 Å². The first kappa shape index (κ1) is 15.8. The van der Waals surface area contributed by atoms with E-state index in [0.717, 1.165) is 6.42 Å². The van der Waals surface area contributed by atoms with Crippen LogP contribution >= 0.6 is 0 Å². The zero-order chi connectivity index (χ0) is 15.1. The Bertz CT molecular complexity index is 458. The van der Waals surface area contributed by atoms with Crippen LogP contribution in [0.5, 0.6) is 5.75 Å². The van der Waals surface area contributed by atoms with Crippen molar-refractivity contribution in [3.63, 3.8) is 0 Å². The Balaban J connectivity index is 1.74. The van der Waals surface area contributed by atoms with Crippen LogP contribution in [0.25, 0.3) is 0 Å². The maximum absolute atomic E-state index is 10.9. The molecule has 4 nitrogen and oxygen atoms in total. The first-order valence-corrected chi connectivity index (χ1v) is 7.78. The third-order valence-corrected chi connectivity index (χ3v) is 4.13. The zero-order valence-corrected chi connectivity index (χ0v) is 12.6. The summed E-state index contributed by atoms with van der Waals surface area (Å²) in [6, 6.07) is 6.55. The predicted molar refractivity (Wildman–Crippen MR) is 80.9 cm³/mol. The number of carbonyl (C=O) groups is 1. The highest BCUT2D eigenvalue weighted by Crippen LogP contribution is 2.29. The van der Waals surface area contributed by atoms with Crippen LogP contribution < -0.4 is 4.74 Å². The van der Waals surface area contributed by atoms with Crippen molar-refractivity contribution in [3.8, 4) is 5.75 Å². The molecule has 0 amide bonds. The average Bonchev–Trinajstić information content (AvgIpc) is 2.52. The number of rotatable bonds is 7. The highest BCUT2D eigenvalue weighted by Gasteiger charge is 2.23. The zero-order valence-electron chi connectivity index (χ0n) is 12.6. The first-order chi connectivity index (χ1) is 10.2. The maximum atomic E-state index is 10.9. The van der Waals surface area contributed by atoms with Crippen molar-refractivity contribution in [2.75, 3.05) is 13.2 Å². The van der Waals surface area contributed by atoms with Gasteiger partial charge in [-0.25, -0.2) is 4.79 Å². The monoisotopic (exact) mass is 292 g/mol. The van der Waals surface area contributed by atoms with Gasteiger partial charge in [-0.1, -0.05) is 32.3 Å². The highest BCUT2D eigenvalue weighted by atomic mass is 16.5. The normalized spacial score (nSPS) is 22.0. The van der Waals surface area contributed by atoms with E-state index in [4.69, 9.17) is 14.6 Å². The molecule has 1 aromatic rings. The van der Waals surface area contributed by atoms with Gasteiger partial charge in [-0.3, -0.25) is 0 Å². The molecule has 1 aliphatic rings. The smallest absolute Gasteiger partial charge is 0.335 e. The SMILES string of the molecule is CCC1CCCCC1OCCOc1cccc(C(=O)O)c1. The molecule has 0 aromatic heterocycles. The summed E-state index contributed by atoms with van der Waals surface area (Å²) >= 11 is 0. The van der Waals surface area contributed by atoms with Gasteiger partial charge in [0.05, 0.1) is 18.3 Å². The van der Waals surface area contributed by atoms with E-state index in [1.807, 2.05) is 0 Å². The fourth-order valence-corrected chi connectivity index (χ4v) is 2.94. The molecule has 1 aliphatic carbocycles. The van der Waals surface area contributed by atoms with Crippen molar-refractivity contribution in [2.24, 2.45) is 5.92 Å². The number of aromatic carboxylic acids is 1. The minimum absolute atomic E-state index is 0.242. The van der Waals surface area contributed by atoms with Crippen LogP contribution in [0, 0.1) is 5.92 Å². The molecule has 2 rings (SSSR count). The maximum Gasteiger partial charge on any atom is 0.335 e. The summed E-state index contributed by atoms with van der Waals surface area (Å²) in [7, 11) is 0. The fourth-order valence-electron chi connectivity index (χ4n) is 2.94. The van der Waals surface area contributed by atoms with E-state index >= 15 is 0 Å². The van der Waals surface area contributed by atoms with Crippen molar-refractivity contribution < 1.29 is 19.4 Å². The minimum Gasteiger partial charge on any atom is -0.491 e. The van der Waals surface area contributed by atoms with E-state index in [-0.39, 0.29) is 5.56 Å². The molecule has 0 bridgehead atoms. The molecule has 0 spiro atoms. The minimum atomic E-state index is -0.940. The van der Waals surface area contributed by atoms with E-state index in [1.165, 1.54) is 31.7 Å². The van der Waals surface area contributed by atoms with E-state index in [9.17, 15) is 4.79 Å². The fraction of sp³-hybridized carbons (Fsp3) is 0.588. The van der Waals surface area contributed by atoms with Gasteiger partial charge in [0, 0.05) is 0 Å². The number of hydrogen-bond donors (Lipinski definition) is 1. The second-order valence-electron chi connectivity index (χ2n) is 5.54. The highest BCUT2D eigenvalue weighted by molar-refractivity contribution is 5.87. The molecule has 0 heterocycles. The summed E-state index contributed by atoms with van der Waals surface area (Å²) in [4.78, 5) is 10.9. The predicted octanol–water partition coefficient (Wildman–Crippen LogP) is 3.75. The van der Waals surface area contributed by atoms with Crippen molar-refractivity contribution in [1.29, 1.82) is 0 Å². The van der Waals surface area contributed by atoms with Gasteiger partial charge in [0.15, 0.2) is 0 Å². The van der Waals surface area contributed by atoms with Gasteiger partial charge >= 0.3 is 5.97 Å². The van der Waals surface area contributed by atoms with Gasteiger partial charge in [0.2, 0.25) is 0 Å². The Morgan fingerprint density at radius 2 is 2.10 bits per heavy atom. The number of ether oxygens (including phenoxy) is 2. The molecule has 4 heteroatoms. The molecule has 1 saturated carbocycles. The van der Waals surface area contributed by atoms with Crippen LogP contribution in [0.3, 0.4) is 0 Å². The van der Waals surface area contributed by atoms with Gasteiger partial charge in [0.1, 0.15) is 12.4 Å². The number of hydrogen-bond acceptors (Lipinski definition) is 3. The molecule has 21 heavy (non-hydrogen) atoms. The Hall–Kier alpha value is -1.55. The van der Waals surface area contributed by atoms with Gasteiger partial charge < -0.3 is 14.6 Å². The Kier molecular flexibility index (Phi) is 6.05. The molecule has 116 valence electrons. The van der Waals surface area contributed by atoms with Gasteiger partial charge in [-0.2, -0.15) is 0 Å². The van der Waals surface area contributed by atoms with Crippen molar-refractivity contribution >= 4 is 5.97 Å². The second-order valence-corrected chi connectivity index (χ2v) is 5.54. The van der Waals surface area contributed by atoms with Gasteiger partial charge in [0.25, 0.3) is 0 Å². The standard InChI is InChI=1S/C17H24O4/c1-2-13-6-3-4-9-16(13)21-11-10-20-15-8-5-7-14(12-15)17(18)19/h5,7-8,12-13,16H,2-4,6,9-11H2,1H3,(H,18,19). The van der Waals surface area contributed by atoms with Crippen molar-refractivity contribution in [2.45, 2.75) is 45.1 Å².